The second kappa shape index (κ2) is 7.68. The van der Waals surface area contributed by atoms with Gasteiger partial charge in [0.2, 0.25) is 5.91 Å². The molecule has 144 valence electrons. The minimum atomic E-state index is -0.497. The third-order valence-electron chi connectivity index (χ3n) is 4.46. The minimum absolute atomic E-state index is 0.109. The van der Waals surface area contributed by atoms with Crippen molar-refractivity contribution in [2.24, 2.45) is 0 Å². The number of benzene rings is 1. The molecule has 0 saturated carbocycles. The van der Waals surface area contributed by atoms with Crippen molar-refractivity contribution >= 4 is 12.0 Å². The lowest BCUT2D eigenvalue weighted by molar-refractivity contribution is -0.132. The van der Waals surface area contributed by atoms with Crippen molar-refractivity contribution in [2.45, 2.75) is 59.0 Å². The summed E-state index contributed by atoms with van der Waals surface area (Å²) in [5.41, 5.74) is 1.90. The molecule has 0 atom stereocenters. The summed E-state index contributed by atoms with van der Waals surface area (Å²) in [5.74, 6) is 0.109. The summed E-state index contributed by atoms with van der Waals surface area (Å²) in [6, 6.07) is 8.27. The Bertz CT molecular complexity index is 631. The topological polar surface area (TPSA) is 49.9 Å². The molecule has 2 rings (SSSR count). The van der Waals surface area contributed by atoms with Crippen LogP contribution in [0, 0.1) is 0 Å². The van der Waals surface area contributed by atoms with Crippen LogP contribution in [0.25, 0.3) is 0 Å². The molecule has 26 heavy (non-hydrogen) atoms. The van der Waals surface area contributed by atoms with Gasteiger partial charge in [0.15, 0.2) is 0 Å². The van der Waals surface area contributed by atoms with E-state index >= 15 is 0 Å². The van der Waals surface area contributed by atoms with Gasteiger partial charge in [-0.25, -0.2) is 4.79 Å². The maximum Gasteiger partial charge on any atom is 0.410 e. The number of ether oxygens (including phenoxy) is 1. The standard InChI is InChI=1S/C21H32N2O3/c1-20(2,3)17-9-7-16(8-10-17)15-18(24)22-11-13-23(14-12-22)19(25)26-21(4,5)6/h7-10H,11-15H2,1-6H3. The van der Waals surface area contributed by atoms with Gasteiger partial charge in [0.05, 0.1) is 6.42 Å². The fourth-order valence-electron chi connectivity index (χ4n) is 2.87. The Morgan fingerprint density at radius 3 is 1.85 bits per heavy atom. The predicted octanol–water partition coefficient (Wildman–Crippen LogP) is 3.61. The molecular weight excluding hydrogens is 328 g/mol. The highest BCUT2D eigenvalue weighted by Gasteiger charge is 2.27. The average Bonchev–Trinajstić information content (AvgIpc) is 2.53. The molecule has 5 nitrogen and oxygen atoms in total. The first-order valence-corrected chi connectivity index (χ1v) is 9.31. The summed E-state index contributed by atoms with van der Waals surface area (Å²) in [6.07, 6.45) is 0.0963. The smallest absolute Gasteiger partial charge is 0.410 e. The zero-order chi connectivity index (χ0) is 19.5. The molecule has 0 aromatic heterocycles. The number of rotatable bonds is 2. The Balaban J connectivity index is 1.86. The van der Waals surface area contributed by atoms with Crippen molar-refractivity contribution in [1.29, 1.82) is 0 Å². The third-order valence-corrected chi connectivity index (χ3v) is 4.46. The minimum Gasteiger partial charge on any atom is -0.444 e. The second-order valence-corrected chi connectivity index (χ2v) is 8.97. The second-order valence-electron chi connectivity index (χ2n) is 8.97. The molecule has 1 fully saturated rings. The summed E-state index contributed by atoms with van der Waals surface area (Å²) in [5, 5.41) is 0. The lowest BCUT2D eigenvalue weighted by Crippen LogP contribution is -2.51. The Hall–Kier alpha value is -2.04. The van der Waals surface area contributed by atoms with E-state index in [0.717, 1.165) is 5.56 Å². The van der Waals surface area contributed by atoms with Gasteiger partial charge in [-0.1, -0.05) is 45.0 Å². The third kappa shape index (κ3) is 5.75. The Morgan fingerprint density at radius 2 is 1.38 bits per heavy atom. The first-order chi connectivity index (χ1) is 12.0. The van der Waals surface area contributed by atoms with Crippen molar-refractivity contribution in [2.75, 3.05) is 26.2 Å². The lowest BCUT2D eigenvalue weighted by Gasteiger charge is -2.35. The highest BCUT2D eigenvalue weighted by molar-refractivity contribution is 5.79. The van der Waals surface area contributed by atoms with Crippen molar-refractivity contribution in [1.82, 2.24) is 9.80 Å². The van der Waals surface area contributed by atoms with E-state index in [4.69, 9.17) is 4.74 Å². The van der Waals surface area contributed by atoms with Gasteiger partial charge < -0.3 is 14.5 Å². The van der Waals surface area contributed by atoms with E-state index in [1.807, 2.05) is 37.8 Å². The van der Waals surface area contributed by atoms with Gasteiger partial charge in [-0.15, -0.1) is 0 Å². The molecule has 0 N–H and O–H groups in total. The fourth-order valence-corrected chi connectivity index (χ4v) is 2.87. The van der Waals surface area contributed by atoms with Crippen LogP contribution < -0.4 is 0 Å². The van der Waals surface area contributed by atoms with Gasteiger partial charge in [0, 0.05) is 26.2 Å². The Morgan fingerprint density at radius 1 is 0.885 bits per heavy atom. The number of hydrogen-bond donors (Lipinski definition) is 0. The van der Waals surface area contributed by atoms with Crippen LogP contribution in [0.4, 0.5) is 4.79 Å². The van der Waals surface area contributed by atoms with Crippen LogP contribution in [-0.2, 0) is 21.4 Å². The average molecular weight is 360 g/mol. The zero-order valence-corrected chi connectivity index (χ0v) is 17.0. The van der Waals surface area contributed by atoms with Crippen LogP contribution >= 0.6 is 0 Å². The maximum atomic E-state index is 12.5. The summed E-state index contributed by atoms with van der Waals surface area (Å²) >= 11 is 0. The number of hydrogen-bond acceptors (Lipinski definition) is 3. The summed E-state index contributed by atoms with van der Waals surface area (Å²) in [7, 11) is 0. The van der Waals surface area contributed by atoms with E-state index in [0.29, 0.717) is 32.6 Å². The molecule has 0 unspecified atom stereocenters. The molecule has 5 heteroatoms. The van der Waals surface area contributed by atoms with Crippen LogP contribution in [0.3, 0.4) is 0 Å². The molecule has 1 aliphatic heterocycles. The fraction of sp³-hybridized carbons (Fsp3) is 0.619. The normalized spacial score (nSPS) is 15.8. The first-order valence-electron chi connectivity index (χ1n) is 9.31. The molecule has 0 spiro atoms. The number of piperazine rings is 1. The largest absolute Gasteiger partial charge is 0.444 e. The van der Waals surface area contributed by atoms with Crippen molar-refractivity contribution in [3.05, 3.63) is 35.4 Å². The number of carbonyl (C=O) groups is 2. The van der Waals surface area contributed by atoms with Gasteiger partial charge in [0.1, 0.15) is 5.60 Å². The molecule has 0 radical (unpaired) electrons. The van der Waals surface area contributed by atoms with Crippen LogP contribution in [0.1, 0.15) is 52.7 Å². The molecule has 1 aliphatic rings. The number of carbonyl (C=O) groups excluding carboxylic acids is 2. The summed E-state index contributed by atoms with van der Waals surface area (Å²) in [4.78, 5) is 28.1. The highest BCUT2D eigenvalue weighted by Crippen LogP contribution is 2.22. The molecule has 1 aromatic carbocycles. The van der Waals surface area contributed by atoms with Gasteiger partial charge in [-0.2, -0.15) is 0 Å². The van der Waals surface area contributed by atoms with Crippen LogP contribution in [0.2, 0.25) is 0 Å². The van der Waals surface area contributed by atoms with Crippen LogP contribution in [0.15, 0.2) is 24.3 Å². The molecule has 2 amide bonds. The van der Waals surface area contributed by atoms with Gasteiger partial charge in [-0.05, 0) is 37.3 Å². The van der Waals surface area contributed by atoms with Crippen LogP contribution in [-0.4, -0.2) is 53.6 Å². The molecule has 0 bridgehead atoms. The summed E-state index contributed by atoms with van der Waals surface area (Å²) < 4.78 is 5.39. The van der Waals surface area contributed by atoms with Crippen molar-refractivity contribution in [3.63, 3.8) is 0 Å². The number of amides is 2. The Kier molecular flexibility index (Phi) is 5.99. The van der Waals surface area contributed by atoms with E-state index in [2.05, 4.69) is 32.9 Å². The van der Waals surface area contributed by atoms with Crippen molar-refractivity contribution < 1.29 is 14.3 Å². The van der Waals surface area contributed by atoms with Crippen molar-refractivity contribution in [3.8, 4) is 0 Å². The van der Waals surface area contributed by atoms with E-state index in [9.17, 15) is 9.59 Å². The monoisotopic (exact) mass is 360 g/mol. The van der Waals surface area contributed by atoms with E-state index < -0.39 is 5.60 Å². The molecule has 0 aliphatic carbocycles. The van der Waals surface area contributed by atoms with Gasteiger partial charge in [-0.3, -0.25) is 4.79 Å². The van der Waals surface area contributed by atoms with Gasteiger partial charge in [0.25, 0.3) is 0 Å². The molecule has 1 heterocycles. The first kappa shape index (κ1) is 20.3. The maximum absolute atomic E-state index is 12.5. The highest BCUT2D eigenvalue weighted by atomic mass is 16.6. The van der Waals surface area contributed by atoms with Gasteiger partial charge >= 0.3 is 6.09 Å². The van der Waals surface area contributed by atoms with E-state index in [1.165, 1.54) is 5.56 Å². The molecule has 1 aromatic rings. The number of nitrogens with zero attached hydrogens (tertiary/aromatic N) is 2. The summed E-state index contributed by atoms with van der Waals surface area (Å²) in [6.45, 7) is 14.2. The predicted molar refractivity (Wildman–Crippen MR) is 103 cm³/mol. The van der Waals surface area contributed by atoms with E-state index in [1.54, 1.807) is 4.90 Å². The van der Waals surface area contributed by atoms with E-state index in [-0.39, 0.29) is 17.4 Å². The SMILES string of the molecule is CC(C)(C)OC(=O)N1CCN(C(=O)Cc2ccc(C(C)(C)C)cc2)CC1. The quantitative estimate of drug-likeness (QED) is 0.810. The Labute approximate surface area is 157 Å². The molecular formula is C21H32N2O3. The molecule has 1 saturated heterocycles. The lowest BCUT2D eigenvalue weighted by atomic mass is 9.86. The van der Waals surface area contributed by atoms with Crippen LogP contribution in [0.5, 0.6) is 0 Å². The zero-order valence-electron chi connectivity index (χ0n) is 17.0.